The first kappa shape index (κ1) is 29.3. The van der Waals surface area contributed by atoms with Crippen molar-refractivity contribution in [1.82, 2.24) is 10.2 Å². The fourth-order valence-corrected chi connectivity index (χ4v) is 4.75. The quantitative estimate of drug-likeness (QED) is 0.399. The molecule has 0 heterocycles. The maximum absolute atomic E-state index is 13.4. The molecule has 1 N–H and O–H groups in total. The second kappa shape index (κ2) is 13.4. The maximum atomic E-state index is 13.4. The van der Waals surface area contributed by atoms with Crippen LogP contribution in [0.5, 0.6) is 0 Å². The van der Waals surface area contributed by atoms with Crippen LogP contribution in [0.15, 0.2) is 42.5 Å². The second-order valence-electron chi connectivity index (χ2n) is 9.18. The zero-order valence-corrected chi connectivity index (χ0v) is 22.7. The Morgan fingerprint density at radius 3 is 2.28 bits per heavy atom. The summed E-state index contributed by atoms with van der Waals surface area (Å²) in [4.78, 5) is 27.4. The van der Waals surface area contributed by atoms with E-state index < -0.39 is 16.1 Å². The number of carbonyl (C=O) groups excluding carboxylic acids is 2. The third kappa shape index (κ3) is 8.62. The second-order valence-corrected chi connectivity index (χ2v) is 11.1. The lowest BCUT2D eigenvalue weighted by Crippen LogP contribution is -2.48. The molecule has 7 nitrogen and oxygen atoms in total. The van der Waals surface area contributed by atoms with Crippen LogP contribution in [0.2, 0.25) is 0 Å². The number of anilines is 1. The highest BCUT2D eigenvalue weighted by Crippen LogP contribution is 2.22. The summed E-state index contributed by atoms with van der Waals surface area (Å²) < 4.78 is 39.6. The molecule has 0 fully saturated rings. The number of nitrogens with one attached hydrogen (secondary N) is 1. The summed E-state index contributed by atoms with van der Waals surface area (Å²) in [6.07, 6.45) is 3.26. The summed E-state index contributed by atoms with van der Waals surface area (Å²) in [5.74, 6) is -0.910. The molecule has 0 spiro atoms. The Balaban J connectivity index is 2.15. The minimum atomic E-state index is -3.55. The van der Waals surface area contributed by atoms with E-state index in [9.17, 15) is 22.4 Å². The predicted octanol–water partition coefficient (Wildman–Crippen LogP) is 4.32. The van der Waals surface area contributed by atoms with Crippen LogP contribution < -0.4 is 9.62 Å². The third-order valence-electron chi connectivity index (χ3n) is 6.19. The molecule has 0 saturated heterocycles. The average Bonchev–Trinajstić information content (AvgIpc) is 2.82. The van der Waals surface area contributed by atoms with E-state index >= 15 is 0 Å². The number of hydrogen-bond donors (Lipinski definition) is 1. The van der Waals surface area contributed by atoms with Gasteiger partial charge in [0.15, 0.2) is 0 Å². The number of unbranched alkanes of at least 4 members (excludes halogenated alkanes) is 1. The van der Waals surface area contributed by atoms with Crippen molar-refractivity contribution >= 4 is 27.5 Å². The Morgan fingerprint density at radius 2 is 1.69 bits per heavy atom. The number of hydrogen-bond acceptors (Lipinski definition) is 4. The van der Waals surface area contributed by atoms with Crippen LogP contribution in [-0.2, 0) is 26.2 Å². The Labute approximate surface area is 214 Å². The molecular weight excluding hydrogens is 481 g/mol. The summed E-state index contributed by atoms with van der Waals surface area (Å²) in [5.41, 5.74) is 3.29. The lowest BCUT2D eigenvalue weighted by molar-refractivity contribution is -0.140. The Morgan fingerprint density at radius 1 is 1.03 bits per heavy atom. The smallest absolute Gasteiger partial charge is 0.242 e. The Bertz CT molecular complexity index is 1140. The summed E-state index contributed by atoms with van der Waals surface area (Å²) in [7, 11) is -3.55. The molecule has 2 aromatic rings. The van der Waals surface area contributed by atoms with Crippen molar-refractivity contribution in [3.05, 3.63) is 65.0 Å². The van der Waals surface area contributed by atoms with Crippen molar-refractivity contribution < 1.29 is 22.4 Å². The third-order valence-corrected chi connectivity index (χ3v) is 7.39. The fraction of sp³-hybridized carbons (Fsp3) is 0.481. The minimum absolute atomic E-state index is 0.0602. The van der Waals surface area contributed by atoms with E-state index in [0.717, 1.165) is 30.2 Å². The highest BCUT2D eigenvalue weighted by atomic mass is 32.2. The van der Waals surface area contributed by atoms with Crippen LogP contribution in [0.4, 0.5) is 10.1 Å². The number of aryl methyl sites for hydroxylation is 2. The van der Waals surface area contributed by atoms with Gasteiger partial charge < -0.3 is 10.2 Å². The van der Waals surface area contributed by atoms with Gasteiger partial charge in [0.1, 0.15) is 11.9 Å². The fourth-order valence-electron chi connectivity index (χ4n) is 3.79. The SMILES string of the molecule is CCCCNC(=O)C(C)N(Cc1ccc(F)cc1)C(=O)CCCN(c1ccc(C)c(C)c1)S(C)(=O)=O. The van der Waals surface area contributed by atoms with Gasteiger partial charge in [0, 0.05) is 26.1 Å². The molecule has 9 heteroatoms. The van der Waals surface area contributed by atoms with Crippen molar-refractivity contribution in [1.29, 1.82) is 0 Å². The van der Waals surface area contributed by atoms with E-state index in [2.05, 4.69) is 5.32 Å². The van der Waals surface area contributed by atoms with Crippen molar-refractivity contribution in [3.8, 4) is 0 Å². The molecule has 0 aliphatic rings. The Kier molecular flexibility index (Phi) is 10.9. The molecule has 0 aliphatic carbocycles. The first-order valence-corrected chi connectivity index (χ1v) is 14.2. The number of nitrogens with zero attached hydrogens (tertiary/aromatic N) is 2. The molecule has 36 heavy (non-hydrogen) atoms. The van der Waals surface area contributed by atoms with Gasteiger partial charge in [-0.2, -0.15) is 0 Å². The Hall–Kier alpha value is -2.94. The minimum Gasteiger partial charge on any atom is -0.354 e. The van der Waals surface area contributed by atoms with Gasteiger partial charge >= 0.3 is 0 Å². The molecule has 2 rings (SSSR count). The first-order valence-electron chi connectivity index (χ1n) is 12.3. The van der Waals surface area contributed by atoms with Gasteiger partial charge in [-0.3, -0.25) is 13.9 Å². The summed E-state index contributed by atoms with van der Waals surface area (Å²) in [6.45, 7) is 8.37. The van der Waals surface area contributed by atoms with Crippen LogP contribution in [0.1, 0.15) is 56.2 Å². The summed E-state index contributed by atoms with van der Waals surface area (Å²) >= 11 is 0. The zero-order chi connectivity index (χ0) is 26.9. The lowest BCUT2D eigenvalue weighted by atomic mass is 10.1. The summed E-state index contributed by atoms with van der Waals surface area (Å²) in [5, 5.41) is 2.86. The molecule has 0 radical (unpaired) electrons. The maximum Gasteiger partial charge on any atom is 0.242 e. The van der Waals surface area contributed by atoms with Gasteiger partial charge in [-0.05, 0) is 74.6 Å². The topological polar surface area (TPSA) is 86.8 Å². The molecule has 2 amide bonds. The molecule has 1 unspecified atom stereocenters. The van der Waals surface area contributed by atoms with Gasteiger partial charge in [-0.15, -0.1) is 0 Å². The number of benzene rings is 2. The number of sulfonamides is 1. The summed E-state index contributed by atoms with van der Waals surface area (Å²) in [6, 6.07) is 10.5. The molecule has 0 saturated carbocycles. The van der Waals surface area contributed by atoms with Crippen LogP contribution in [0.3, 0.4) is 0 Å². The van der Waals surface area contributed by atoms with Crippen molar-refractivity contribution in [2.75, 3.05) is 23.7 Å². The average molecular weight is 520 g/mol. The number of amides is 2. The van der Waals surface area contributed by atoms with E-state index in [0.29, 0.717) is 17.8 Å². The lowest BCUT2D eigenvalue weighted by Gasteiger charge is -2.29. The van der Waals surface area contributed by atoms with Crippen LogP contribution in [0.25, 0.3) is 0 Å². The standard InChI is InChI=1S/C27H38FN3O4S/c1-6-7-16-29-27(33)22(4)30(19-23-11-13-24(28)14-12-23)26(32)9-8-17-31(36(5,34)35)25-15-10-20(2)21(3)18-25/h10-15,18,22H,6-9,16-17,19H2,1-5H3,(H,29,33). The largest absolute Gasteiger partial charge is 0.354 e. The number of rotatable bonds is 13. The van der Waals surface area contributed by atoms with E-state index in [1.165, 1.54) is 21.3 Å². The van der Waals surface area contributed by atoms with Crippen LogP contribution in [-0.4, -0.2) is 50.5 Å². The van der Waals surface area contributed by atoms with E-state index in [1.54, 1.807) is 25.1 Å². The van der Waals surface area contributed by atoms with Crippen molar-refractivity contribution in [3.63, 3.8) is 0 Å². The van der Waals surface area contributed by atoms with E-state index in [4.69, 9.17) is 0 Å². The van der Waals surface area contributed by atoms with Gasteiger partial charge in [-0.1, -0.05) is 31.5 Å². The highest BCUT2D eigenvalue weighted by molar-refractivity contribution is 7.92. The van der Waals surface area contributed by atoms with Gasteiger partial charge in [0.05, 0.1) is 11.9 Å². The van der Waals surface area contributed by atoms with Gasteiger partial charge in [0.25, 0.3) is 0 Å². The first-order chi connectivity index (χ1) is 16.9. The highest BCUT2D eigenvalue weighted by Gasteiger charge is 2.26. The molecule has 0 aromatic heterocycles. The molecular formula is C27H38FN3O4S. The molecule has 0 bridgehead atoms. The van der Waals surface area contributed by atoms with Crippen LogP contribution in [0, 0.1) is 19.7 Å². The predicted molar refractivity (Wildman–Crippen MR) is 142 cm³/mol. The number of halogens is 1. The zero-order valence-electron chi connectivity index (χ0n) is 21.9. The molecule has 2 aromatic carbocycles. The molecule has 0 aliphatic heterocycles. The molecule has 198 valence electrons. The molecule has 1 atom stereocenters. The normalized spacial score (nSPS) is 12.2. The van der Waals surface area contributed by atoms with Crippen LogP contribution >= 0.6 is 0 Å². The van der Waals surface area contributed by atoms with Crippen molar-refractivity contribution in [2.45, 2.75) is 66.0 Å². The van der Waals surface area contributed by atoms with Gasteiger partial charge in [-0.25, -0.2) is 12.8 Å². The van der Waals surface area contributed by atoms with Gasteiger partial charge in [0.2, 0.25) is 21.8 Å². The number of carbonyl (C=O) groups is 2. The van der Waals surface area contributed by atoms with Crippen molar-refractivity contribution in [2.24, 2.45) is 0 Å². The van der Waals surface area contributed by atoms with E-state index in [1.807, 2.05) is 32.9 Å². The monoisotopic (exact) mass is 519 g/mol. The van der Waals surface area contributed by atoms with E-state index in [-0.39, 0.29) is 43.6 Å².